The molecule has 2 rings (SSSR count). The molecule has 0 bridgehead atoms. The monoisotopic (exact) mass is 294 g/mol. The first-order valence-electron chi connectivity index (χ1n) is 8.80. The number of amides is 1. The van der Waals surface area contributed by atoms with E-state index in [1.54, 1.807) is 0 Å². The van der Waals surface area contributed by atoms with Crippen molar-refractivity contribution >= 4 is 5.91 Å². The minimum Gasteiger partial charge on any atom is -0.343 e. The summed E-state index contributed by atoms with van der Waals surface area (Å²) in [6.07, 6.45) is 6.66. The van der Waals surface area contributed by atoms with Gasteiger partial charge in [-0.05, 0) is 62.2 Å². The molecule has 2 N–H and O–H groups in total. The summed E-state index contributed by atoms with van der Waals surface area (Å²) in [6, 6.07) is 0.266. The van der Waals surface area contributed by atoms with Gasteiger partial charge in [-0.3, -0.25) is 4.79 Å². The summed E-state index contributed by atoms with van der Waals surface area (Å²) < 4.78 is 0. The first kappa shape index (κ1) is 16.8. The Morgan fingerprint density at radius 2 is 1.90 bits per heavy atom. The highest BCUT2D eigenvalue weighted by Crippen LogP contribution is 2.43. The fourth-order valence-corrected chi connectivity index (χ4v) is 4.75. The van der Waals surface area contributed by atoms with Crippen LogP contribution in [0.2, 0.25) is 0 Å². The zero-order chi connectivity index (χ0) is 15.6. The second kappa shape index (κ2) is 6.68. The van der Waals surface area contributed by atoms with Gasteiger partial charge >= 0.3 is 0 Å². The fraction of sp³-hybridized carbons (Fsp3) is 0.944. The zero-order valence-electron chi connectivity index (χ0n) is 14.4. The molecule has 2 aliphatic rings. The Morgan fingerprint density at radius 3 is 2.43 bits per heavy atom. The molecule has 0 radical (unpaired) electrons. The van der Waals surface area contributed by atoms with Crippen molar-refractivity contribution in [1.29, 1.82) is 0 Å². The molecule has 0 aromatic carbocycles. The number of carbonyl (C=O) groups excluding carboxylic acids is 1. The lowest BCUT2D eigenvalue weighted by atomic mass is 9.67. The van der Waals surface area contributed by atoms with Crippen LogP contribution in [-0.4, -0.2) is 29.9 Å². The number of hydrogen-bond donors (Lipinski definition) is 1. The van der Waals surface area contributed by atoms with Gasteiger partial charge in [0.2, 0.25) is 5.91 Å². The third-order valence-corrected chi connectivity index (χ3v) is 5.58. The summed E-state index contributed by atoms with van der Waals surface area (Å²) >= 11 is 0. The van der Waals surface area contributed by atoms with E-state index in [4.69, 9.17) is 5.73 Å². The maximum Gasteiger partial charge on any atom is 0.222 e. The van der Waals surface area contributed by atoms with Gasteiger partial charge in [-0.25, -0.2) is 0 Å². The maximum atomic E-state index is 12.6. The third-order valence-electron chi connectivity index (χ3n) is 5.58. The van der Waals surface area contributed by atoms with E-state index < -0.39 is 0 Å². The van der Waals surface area contributed by atoms with Crippen LogP contribution in [0.25, 0.3) is 0 Å². The highest BCUT2D eigenvalue weighted by atomic mass is 16.2. The van der Waals surface area contributed by atoms with Crippen molar-refractivity contribution in [2.45, 2.75) is 72.3 Å². The van der Waals surface area contributed by atoms with E-state index in [2.05, 4.69) is 32.6 Å². The Hall–Kier alpha value is -0.570. The Kier molecular flexibility index (Phi) is 5.34. The molecule has 3 unspecified atom stereocenters. The van der Waals surface area contributed by atoms with Gasteiger partial charge in [-0.2, -0.15) is 0 Å². The number of hydrogen-bond acceptors (Lipinski definition) is 2. The smallest absolute Gasteiger partial charge is 0.222 e. The summed E-state index contributed by atoms with van der Waals surface area (Å²) in [6.45, 7) is 11.0. The highest BCUT2D eigenvalue weighted by Gasteiger charge is 2.34. The molecule has 1 amide bonds. The van der Waals surface area contributed by atoms with Crippen molar-refractivity contribution in [3.8, 4) is 0 Å². The number of likely N-dealkylation sites (tertiary alicyclic amines) is 1. The van der Waals surface area contributed by atoms with Crippen LogP contribution in [0.4, 0.5) is 0 Å². The van der Waals surface area contributed by atoms with Gasteiger partial charge in [-0.1, -0.05) is 20.8 Å². The molecule has 1 aliphatic carbocycles. The molecule has 3 heteroatoms. The lowest BCUT2D eigenvalue weighted by molar-refractivity contribution is -0.134. The Bertz CT molecular complexity index is 356. The van der Waals surface area contributed by atoms with Gasteiger partial charge in [0.15, 0.2) is 0 Å². The molecule has 1 saturated carbocycles. The van der Waals surface area contributed by atoms with Crippen molar-refractivity contribution in [2.24, 2.45) is 28.9 Å². The molecule has 122 valence electrons. The molecular formula is C18H34N2O. The van der Waals surface area contributed by atoms with Crippen molar-refractivity contribution in [3.05, 3.63) is 0 Å². The molecule has 0 spiro atoms. The van der Waals surface area contributed by atoms with E-state index in [9.17, 15) is 4.79 Å². The van der Waals surface area contributed by atoms with E-state index in [0.29, 0.717) is 23.2 Å². The number of carbonyl (C=O) groups is 1. The van der Waals surface area contributed by atoms with Gasteiger partial charge in [0.25, 0.3) is 0 Å². The second-order valence-electron chi connectivity index (χ2n) is 8.56. The van der Waals surface area contributed by atoms with Crippen LogP contribution >= 0.6 is 0 Å². The minimum absolute atomic E-state index is 0.266. The average molecular weight is 294 g/mol. The van der Waals surface area contributed by atoms with Gasteiger partial charge in [-0.15, -0.1) is 0 Å². The Labute approximate surface area is 130 Å². The molecule has 2 fully saturated rings. The molecule has 1 saturated heterocycles. The predicted molar refractivity (Wildman–Crippen MR) is 87.9 cm³/mol. The molecule has 3 nitrogen and oxygen atoms in total. The fourth-order valence-electron chi connectivity index (χ4n) is 4.75. The topological polar surface area (TPSA) is 46.3 Å². The lowest BCUT2D eigenvalue weighted by Gasteiger charge is -2.40. The third kappa shape index (κ3) is 4.70. The summed E-state index contributed by atoms with van der Waals surface area (Å²) in [5.41, 5.74) is 6.39. The number of piperidine rings is 1. The second-order valence-corrected chi connectivity index (χ2v) is 8.56. The van der Waals surface area contributed by atoms with Crippen molar-refractivity contribution in [2.75, 3.05) is 13.1 Å². The molecule has 0 aromatic heterocycles. The zero-order valence-corrected chi connectivity index (χ0v) is 14.4. The quantitative estimate of drug-likeness (QED) is 0.867. The average Bonchev–Trinajstić information content (AvgIpc) is 2.36. The standard InChI is InChI=1S/C18H34N2O/c1-13-9-15(12-18(3,4)11-13)10-17(21)20-7-5-16(6-8-20)14(2)19/h13-16H,5-12,19H2,1-4H3. The largest absolute Gasteiger partial charge is 0.343 e. The van der Waals surface area contributed by atoms with Gasteiger partial charge in [0.1, 0.15) is 0 Å². The van der Waals surface area contributed by atoms with Crippen LogP contribution in [0.5, 0.6) is 0 Å². The minimum atomic E-state index is 0.266. The molecular weight excluding hydrogens is 260 g/mol. The molecule has 21 heavy (non-hydrogen) atoms. The Morgan fingerprint density at radius 1 is 1.29 bits per heavy atom. The van der Waals surface area contributed by atoms with E-state index in [-0.39, 0.29) is 6.04 Å². The van der Waals surface area contributed by atoms with Crippen molar-refractivity contribution in [1.82, 2.24) is 4.90 Å². The molecule has 3 atom stereocenters. The highest BCUT2D eigenvalue weighted by molar-refractivity contribution is 5.76. The van der Waals surface area contributed by atoms with E-state index >= 15 is 0 Å². The number of rotatable bonds is 3. The summed E-state index contributed by atoms with van der Waals surface area (Å²) in [7, 11) is 0. The van der Waals surface area contributed by atoms with Crippen LogP contribution in [-0.2, 0) is 4.79 Å². The summed E-state index contributed by atoms with van der Waals surface area (Å²) in [4.78, 5) is 14.6. The van der Waals surface area contributed by atoms with Gasteiger partial charge in [0, 0.05) is 25.6 Å². The van der Waals surface area contributed by atoms with Crippen LogP contribution in [0, 0.1) is 23.2 Å². The van der Waals surface area contributed by atoms with E-state index in [1.165, 1.54) is 19.3 Å². The first-order valence-corrected chi connectivity index (χ1v) is 8.80. The van der Waals surface area contributed by atoms with Crippen molar-refractivity contribution < 1.29 is 4.79 Å². The lowest BCUT2D eigenvalue weighted by Crippen LogP contribution is -2.43. The van der Waals surface area contributed by atoms with Crippen LogP contribution in [0.3, 0.4) is 0 Å². The maximum absolute atomic E-state index is 12.6. The van der Waals surface area contributed by atoms with E-state index in [1.807, 2.05) is 0 Å². The van der Waals surface area contributed by atoms with Crippen LogP contribution < -0.4 is 5.73 Å². The molecule has 1 heterocycles. The molecule has 1 aliphatic heterocycles. The van der Waals surface area contributed by atoms with E-state index in [0.717, 1.165) is 38.3 Å². The van der Waals surface area contributed by atoms with Gasteiger partial charge < -0.3 is 10.6 Å². The molecule has 0 aromatic rings. The number of nitrogens with two attached hydrogens (primary N) is 1. The predicted octanol–water partition coefficient (Wildman–Crippen LogP) is 3.42. The number of nitrogens with zero attached hydrogens (tertiary/aromatic N) is 1. The van der Waals surface area contributed by atoms with Crippen LogP contribution in [0.15, 0.2) is 0 Å². The van der Waals surface area contributed by atoms with Crippen LogP contribution in [0.1, 0.15) is 66.2 Å². The SMILES string of the molecule is CC1CC(CC(=O)N2CCC(C(C)N)CC2)CC(C)(C)C1. The first-order chi connectivity index (χ1) is 9.77. The Balaban J connectivity index is 1.82. The van der Waals surface area contributed by atoms with Crippen molar-refractivity contribution in [3.63, 3.8) is 0 Å². The summed E-state index contributed by atoms with van der Waals surface area (Å²) in [5, 5.41) is 0. The van der Waals surface area contributed by atoms with Gasteiger partial charge in [0.05, 0.1) is 0 Å². The summed E-state index contributed by atoms with van der Waals surface area (Å²) in [5.74, 6) is 2.33. The normalized spacial score (nSPS) is 32.0.